The summed E-state index contributed by atoms with van der Waals surface area (Å²) in [6.45, 7) is 15.7. The average Bonchev–Trinajstić information content (AvgIpc) is 3.45. The molecule has 12 heteroatoms. The quantitative estimate of drug-likeness (QED) is 0.379. The minimum atomic E-state index is -1.97. The minimum absolute atomic E-state index is 0.0554. The predicted octanol–water partition coefficient (Wildman–Crippen LogP) is 3.31. The van der Waals surface area contributed by atoms with Gasteiger partial charge in [0.05, 0.1) is 30.4 Å². The van der Waals surface area contributed by atoms with Gasteiger partial charge in [0.2, 0.25) is 0 Å². The van der Waals surface area contributed by atoms with Crippen molar-refractivity contribution in [1.82, 2.24) is 9.80 Å². The van der Waals surface area contributed by atoms with Crippen molar-refractivity contribution < 1.29 is 43.8 Å². The van der Waals surface area contributed by atoms with E-state index in [0.29, 0.717) is 38.4 Å². The molecule has 0 amide bonds. The molecule has 3 N–H and O–H groups in total. The molecule has 1 aromatic rings. The highest BCUT2D eigenvalue weighted by Crippen LogP contribution is 2.51. The van der Waals surface area contributed by atoms with E-state index in [-0.39, 0.29) is 24.1 Å². The van der Waals surface area contributed by atoms with Gasteiger partial charge in [-0.05, 0) is 79.5 Å². The number of amidine groups is 1. The summed E-state index contributed by atoms with van der Waals surface area (Å²) in [5, 5.41) is 35.7. The molecule has 4 heterocycles. The highest BCUT2D eigenvalue weighted by molar-refractivity contribution is 5.77. The highest BCUT2D eigenvalue weighted by atomic mass is 16.7. The lowest BCUT2D eigenvalue weighted by Crippen LogP contribution is -2.57. The number of aliphatic imine (C=N–C) groups is 1. The van der Waals surface area contributed by atoms with Crippen molar-refractivity contribution in [1.29, 1.82) is 0 Å². The second-order valence-corrected chi connectivity index (χ2v) is 15.7. The summed E-state index contributed by atoms with van der Waals surface area (Å²) < 4.78 is 32.0. The molecule has 0 radical (unpaired) electrons. The van der Waals surface area contributed by atoms with Gasteiger partial charge in [-0.3, -0.25) is 4.79 Å². The van der Waals surface area contributed by atoms with Crippen LogP contribution >= 0.6 is 0 Å². The van der Waals surface area contributed by atoms with Crippen LogP contribution < -0.4 is 0 Å². The largest absolute Gasteiger partial charge is 0.459 e. The third kappa shape index (κ3) is 7.24. The zero-order chi connectivity index (χ0) is 36.1. The second-order valence-electron chi connectivity index (χ2n) is 15.7. The molecule has 0 aliphatic carbocycles. The van der Waals surface area contributed by atoms with E-state index in [4.69, 9.17) is 28.7 Å². The van der Waals surface area contributed by atoms with Crippen LogP contribution in [0.2, 0.25) is 0 Å². The maximum absolute atomic E-state index is 13.9. The summed E-state index contributed by atoms with van der Waals surface area (Å²) in [6, 6.07) is 9.80. The van der Waals surface area contributed by atoms with Gasteiger partial charge in [0, 0.05) is 18.5 Å². The topological polar surface area (TPSA) is 143 Å². The normalized spacial score (nSPS) is 45.7. The first-order chi connectivity index (χ1) is 22.9. The smallest absolute Gasteiger partial charge is 0.314 e. The molecule has 4 aliphatic heterocycles. The number of esters is 1. The van der Waals surface area contributed by atoms with Crippen LogP contribution in [0.25, 0.3) is 0 Å². The Morgan fingerprint density at radius 1 is 1.06 bits per heavy atom. The van der Waals surface area contributed by atoms with Gasteiger partial charge in [-0.15, -0.1) is 0 Å². The molecule has 4 saturated heterocycles. The lowest BCUT2D eigenvalue weighted by Gasteiger charge is -2.44. The molecule has 0 aromatic heterocycles. The monoisotopic (exact) mass is 689 g/mol. The number of hydrogen-bond donors (Lipinski definition) is 3. The fourth-order valence-electron chi connectivity index (χ4n) is 8.61. The van der Waals surface area contributed by atoms with Crippen molar-refractivity contribution in [3.63, 3.8) is 0 Å². The highest BCUT2D eigenvalue weighted by Gasteiger charge is 2.64. The first-order valence-electron chi connectivity index (χ1n) is 17.9. The lowest BCUT2D eigenvalue weighted by molar-refractivity contribution is -0.286. The Morgan fingerprint density at radius 2 is 1.73 bits per heavy atom. The molecular weight excluding hydrogens is 630 g/mol. The van der Waals surface area contributed by atoms with E-state index >= 15 is 0 Å². The number of ether oxygens (including phenoxy) is 5. The molecule has 4 fully saturated rings. The van der Waals surface area contributed by atoms with E-state index in [0.717, 1.165) is 5.56 Å². The van der Waals surface area contributed by atoms with Crippen LogP contribution in [0.15, 0.2) is 35.3 Å². The van der Waals surface area contributed by atoms with Crippen LogP contribution in [0.1, 0.15) is 80.2 Å². The van der Waals surface area contributed by atoms with E-state index in [1.54, 1.807) is 20.8 Å². The zero-order valence-corrected chi connectivity index (χ0v) is 30.9. The molecular formula is C37H59N3O9. The lowest BCUT2D eigenvalue weighted by atomic mass is 9.80. The van der Waals surface area contributed by atoms with Crippen LogP contribution in [-0.4, -0.2) is 124 Å². The van der Waals surface area contributed by atoms with Crippen LogP contribution in [0, 0.1) is 17.8 Å². The van der Waals surface area contributed by atoms with Crippen LogP contribution in [-0.2, 0) is 35.0 Å². The molecule has 14 atom stereocenters. The Labute approximate surface area is 291 Å². The number of likely N-dealkylation sites (N-methyl/N-ethyl adjacent to an activating group) is 1. The second kappa shape index (κ2) is 14.4. The van der Waals surface area contributed by atoms with Gasteiger partial charge in [0.15, 0.2) is 18.2 Å². The van der Waals surface area contributed by atoms with Gasteiger partial charge >= 0.3 is 5.97 Å². The number of cyclic esters (lactones) is 1. The van der Waals surface area contributed by atoms with E-state index in [2.05, 4.69) is 11.8 Å². The van der Waals surface area contributed by atoms with Crippen LogP contribution in [0.4, 0.5) is 0 Å². The Balaban J connectivity index is 1.53. The van der Waals surface area contributed by atoms with E-state index in [1.165, 1.54) is 0 Å². The van der Waals surface area contributed by atoms with Crippen molar-refractivity contribution in [2.24, 2.45) is 22.7 Å². The van der Waals surface area contributed by atoms with Crippen molar-refractivity contribution >= 4 is 12.0 Å². The first kappa shape index (κ1) is 37.9. The van der Waals surface area contributed by atoms with Gasteiger partial charge in [-0.1, -0.05) is 51.1 Å². The van der Waals surface area contributed by atoms with E-state index in [9.17, 15) is 20.1 Å². The molecule has 4 bridgehead atoms. The molecule has 49 heavy (non-hydrogen) atoms. The Morgan fingerprint density at radius 3 is 2.37 bits per heavy atom. The van der Waals surface area contributed by atoms with Crippen molar-refractivity contribution in [3.8, 4) is 0 Å². The minimum Gasteiger partial charge on any atom is -0.459 e. The summed E-state index contributed by atoms with van der Waals surface area (Å²) in [5.41, 5.74) is -1.66. The van der Waals surface area contributed by atoms with Gasteiger partial charge in [0.1, 0.15) is 23.7 Å². The van der Waals surface area contributed by atoms with Gasteiger partial charge in [-0.2, -0.15) is 0 Å². The van der Waals surface area contributed by atoms with Gasteiger partial charge < -0.3 is 48.8 Å². The molecule has 12 nitrogen and oxygen atoms in total. The maximum Gasteiger partial charge on any atom is 0.314 e. The van der Waals surface area contributed by atoms with Gasteiger partial charge in [-0.25, -0.2) is 4.99 Å². The number of hydrogen-bond acceptors (Lipinski definition) is 11. The standard InChI is InChI=1S/C37H59N3O9/c1-11-28-36(8,43)31-25(6)40(34(48-31)38-19-26-15-13-12-14-16-26)20-21(2)18-35(7)30(23(4)37(44,49-35)24(5)32(42)46-28)47-33-29(41)27(39(9)10)17-22(3)45-33/h12-16,21-25,27-31,33,41,43-44H,11,17-20H2,1-10H3/t21-,22-,23-,24+,25-,27+,28-,29-,30-,31-,33+,35+,36-,37+/m1/s1. The van der Waals surface area contributed by atoms with Crippen molar-refractivity contribution in [2.75, 3.05) is 20.6 Å². The number of carbonyl (C=O) groups is 1. The molecule has 276 valence electrons. The SMILES string of the molecule is CC[C@H]1OC(=O)[C@H](C)[C@@]2(O)O[C@@](C)(C[C@@H](C)CN3C(=NCc4ccccc4)O[C@H]([C@H]3C)[C@]1(C)O)[C@H](O[C@@H]1O[C@H](C)C[C@H](N(C)C)[C@H]1O)[C@H]2C. The number of aliphatic hydroxyl groups is 3. The van der Waals surface area contributed by atoms with Crippen molar-refractivity contribution in [3.05, 3.63) is 35.9 Å². The van der Waals surface area contributed by atoms with Crippen LogP contribution in [0.3, 0.4) is 0 Å². The maximum atomic E-state index is 13.9. The fourth-order valence-corrected chi connectivity index (χ4v) is 8.61. The Kier molecular flexibility index (Phi) is 11.1. The van der Waals surface area contributed by atoms with Crippen LogP contribution in [0.5, 0.6) is 0 Å². The zero-order valence-electron chi connectivity index (χ0n) is 30.9. The third-order valence-corrected chi connectivity index (χ3v) is 11.4. The molecule has 0 spiro atoms. The summed E-state index contributed by atoms with van der Waals surface area (Å²) in [7, 11) is 3.83. The molecule has 5 rings (SSSR count). The Bertz CT molecular complexity index is 1330. The number of rotatable bonds is 6. The van der Waals surface area contributed by atoms with E-state index in [1.807, 2.05) is 77.0 Å². The van der Waals surface area contributed by atoms with Gasteiger partial charge in [0.25, 0.3) is 6.02 Å². The Hall–Kier alpha value is -2.32. The summed E-state index contributed by atoms with van der Waals surface area (Å²) in [6.07, 6.45) is -3.17. The predicted molar refractivity (Wildman–Crippen MR) is 183 cm³/mol. The summed E-state index contributed by atoms with van der Waals surface area (Å²) >= 11 is 0. The molecule has 0 unspecified atom stereocenters. The number of nitrogens with zero attached hydrogens (tertiary/aromatic N) is 3. The molecule has 1 aromatic carbocycles. The summed E-state index contributed by atoms with van der Waals surface area (Å²) in [4.78, 5) is 22.8. The average molecular weight is 690 g/mol. The fraction of sp³-hybridized carbons (Fsp3) is 0.784. The molecule has 0 saturated carbocycles. The summed E-state index contributed by atoms with van der Waals surface area (Å²) in [5.74, 6) is -4.58. The number of carbonyl (C=O) groups excluding carboxylic acids is 1. The third-order valence-electron chi connectivity index (χ3n) is 11.4. The number of benzene rings is 1. The number of aliphatic hydroxyl groups excluding tert-OH is 1. The first-order valence-corrected chi connectivity index (χ1v) is 17.9. The van der Waals surface area contributed by atoms with E-state index < -0.39 is 65.5 Å². The number of fused-ring (bicyclic) bond motifs is 4. The van der Waals surface area contributed by atoms with Crippen molar-refractivity contribution in [2.45, 2.75) is 147 Å². The molecule has 4 aliphatic rings.